The molecule has 2 aromatic heterocycles. The van der Waals surface area contributed by atoms with E-state index in [2.05, 4.69) is 20.1 Å². The molecule has 1 atom stereocenters. The molecule has 100 valence electrons. The third-order valence-corrected chi connectivity index (χ3v) is 3.17. The molecule has 1 saturated heterocycles. The highest BCUT2D eigenvalue weighted by molar-refractivity contribution is 5.40. The zero-order valence-corrected chi connectivity index (χ0v) is 10.8. The molecular formula is C14H13N5O. The molecule has 0 radical (unpaired) electrons. The number of ether oxygens (including phenoxy) is 1. The van der Waals surface area contributed by atoms with E-state index < -0.39 is 0 Å². The van der Waals surface area contributed by atoms with Gasteiger partial charge in [0.2, 0.25) is 0 Å². The van der Waals surface area contributed by atoms with Crippen molar-refractivity contribution in [1.29, 1.82) is 5.26 Å². The molecule has 0 saturated carbocycles. The Morgan fingerprint density at radius 2 is 2.25 bits per heavy atom. The number of pyridine rings is 1. The van der Waals surface area contributed by atoms with Crippen LogP contribution in [0.15, 0.2) is 36.7 Å². The van der Waals surface area contributed by atoms with Crippen molar-refractivity contribution in [2.75, 3.05) is 18.0 Å². The van der Waals surface area contributed by atoms with Gasteiger partial charge in [0.1, 0.15) is 17.9 Å². The van der Waals surface area contributed by atoms with Crippen molar-refractivity contribution in [2.24, 2.45) is 0 Å². The summed E-state index contributed by atoms with van der Waals surface area (Å²) in [5.41, 5.74) is 0.330. The first-order valence-corrected chi connectivity index (χ1v) is 6.40. The lowest BCUT2D eigenvalue weighted by Crippen LogP contribution is -2.25. The van der Waals surface area contributed by atoms with Gasteiger partial charge in [-0.2, -0.15) is 5.26 Å². The Morgan fingerprint density at radius 1 is 1.30 bits per heavy atom. The summed E-state index contributed by atoms with van der Waals surface area (Å²) >= 11 is 0. The number of hydrogen-bond donors (Lipinski definition) is 0. The van der Waals surface area contributed by atoms with Crippen LogP contribution in [-0.2, 0) is 0 Å². The first-order chi connectivity index (χ1) is 9.85. The fourth-order valence-corrected chi connectivity index (χ4v) is 2.20. The average molecular weight is 267 g/mol. The van der Waals surface area contributed by atoms with Gasteiger partial charge in [-0.05, 0) is 24.3 Å². The number of nitriles is 1. The molecule has 2 aromatic rings. The van der Waals surface area contributed by atoms with Crippen LogP contribution in [0.4, 0.5) is 5.82 Å². The molecule has 1 aliphatic heterocycles. The van der Waals surface area contributed by atoms with Crippen LogP contribution in [0.2, 0.25) is 0 Å². The van der Waals surface area contributed by atoms with Gasteiger partial charge >= 0.3 is 0 Å². The van der Waals surface area contributed by atoms with E-state index in [-0.39, 0.29) is 6.10 Å². The Balaban J connectivity index is 1.63. The predicted molar refractivity (Wildman–Crippen MR) is 72.2 cm³/mol. The minimum absolute atomic E-state index is 0.122. The van der Waals surface area contributed by atoms with Crippen LogP contribution in [0.25, 0.3) is 0 Å². The maximum atomic E-state index is 8.71. The highest BCUT2D eigenvalue weighted by Gasteiger charge is 2.25. The zero-order chi connectivity index (χ0) is 13.8. The summed E-state index contributed by atoms with van der Waals surface area (Å²) in [6.45, 7) is 1.63. The van der Waals surface area contributed by atoms with Gasteiger partial charge in [-0.15, -0.1) is 10.2 Å². The molecule has 0 bridgehead atoms. The number of anilines is 1. The fraction of sp³-hybridized carbons (Fsp3) is 0.286. The highest BCUT2D eigenvalue weighted by Crippen LogP contribution is 2.21. The quantitative estimate of drug-likeness (QED) is 0.836. The van der Waals surface area contributed by atoms with E-state index in [0.29, 0.717) is 5.69 Å². The van der Waals surface area contributed by atoms with Gasteiger partial charge in [0.15, 0.2) is 11.5 Å². The van der Waals surface area contributed by atoms with Crippen LogP contribution in [0.3, 0.4) is 0 Å². The highest BCUT2D eigenvalue weighted by atomic mass is 16.5. The van der Waals surface area contributed by atoms with Crippen LogP contribution in [-0.4, -0.2) is 34.4 Å². The summed E-state index contributed by atoms with van der Waals surface area (Å²) in [6.07, 6.45) is 4.48. The van der Waals surface area contributed by atoms with Gasteiger partial charge in [0.25, 0.3) is 0 Å². The van der Waals surface area contributed by atoms with E-state index in [1.54, 1.807) is 18.5 Å². The van der Waals surface area contributed by atoms with Crippen LogP contribution < -0.4 is 9.64 Å². The Bertz CT molecular complexity index is 608. The standard InChI is InChI=1S/C14H13N5O/c15-8-11-3-4-14(18-17-11)19-7-5-13(10-19)20-12-2-1-6-16-9-12/h1-4,6,9,13H,5,7,10H2. The maximum Gasteiger partial charge on any atom is 0.163 e. The first kappa shape index (κ1) is 12.4. The largest absolute Gasteiger partial charge is 0.487 e. The Hall–Kier alpha value is -2.68. The van der Waals surface area contributed by atoms with Crippen molar-refractivity contribution < 1.29 is 4.74 Å². The molecular weight excluding hydrogens is 254 g/mol. The average Bonchev–Trinajstić information content (AvgIpc) is 2.97. The second-order valence-electron chi connectivity index (χ2n) is 4.55. The van der Waals surface area contributed by atoms with Gasteiger partial charge in [0, 0.05) is 19.2 Å². The third kappa shape index (κ3) is 2.67. The van der Waals surface area contributed by atoms with E-state index in [0.717, 1.165) is 31.1 Å². The van der Waals surface area contributed by atoms with Gasteiger partial charge in [-0.3, -0.25) is 4.98 Å². The van der Waals surface area contributed by atoms with Crippen molar-refractivity contribution >= 4 is 5.82 Å². The summed E-state index contributed by atoms with van der Waals surface area (Å²) in [5, 5.41) is 16.6. The minimum atomic E-state index is 0.122. The molecule has 6 heteroatoms. The third-order valence-electron chi connectivity index (χ3n) is 3.17. The molecule has 1 unspecified atom stereocenters. The van der Waals surface area contributed by atoms with Gasteiger partial charge in [-0.25, -0.2) is 0 Å². The molecule has 20 heavy (non-hydrogen) atoms. The van der Waals surface area contributed by atoms with E-state index in [1.165, 1.54) is 0 Å². The number of aromatic nitrogens is 3. The molecule has 1 aliphatic rings. The van der Waals surface area contributed by atoms with Crippen LogP contribution in [0.5, 0.6) is 5.75 Å². The molecule has 0 aromatic carbocycles. The van der Waals surface area contributed by atoms with Crippen LogP contribution in [0, 0.1) is 11.3 Å². The molecule has 0 N–H and O–H groups in total. The van der Waals surface area contributed by atoms with Crippen molar-refractivity contribution in [3.63, 3.8) is 0 Å². The van der Waals surface area contributed by atoms with Gasteiger partial charge in [0.05, 0.1) is 12.7 Å². The number of nitrogens with zero attached hydrogens (tertiary/aromatic N) is 5. The smallest absolute Gasteiger partial charge is 0.163 e. The summed E-state index contributed by atoms with van der Waals surface area (Å²) in [6, 6.07) is 9.21. The van der Waals surface area contributed by atoms with Gasteiger partial charge < -0.3 is 9.64 Å². The summed E-state index contributed by atoms with van der Waals surface area (Å²) in [7, 11) is 0. The Labute approximate surface area is 116 Å². The number of rotatable bonds is 3. The second kappa shape index (κ2) is 5.53. The molecule has 0 spiro atoms. The van der Waals surface area contributed by atoms with Crippen LogP contribution >= 0.6 is 0 Å². The second-order valence-corrected chi connectivity index (χ2v) is 4.55. The van der Waals surface area contributed by atoms with Crippen molar-refractivity contribution in [2.45, 2.75) is 12.5 Å². The molecule has 1 fully saturated rings. The molecule has 6 nitrogen and oxygen atoms in total. The van der Waals surface area contributed by atoms with E-state index in [9.17, 15) is 0 Å². The van der Waals surface area contributed by atoms with Crippen molar-refractivity contribution in [1.82, 2.24) is 15.2 Å². The Morgan fingerprint density at radius 3 is 2.95 bits per heavy atom. The molecule has 3 heterocycles. The normalized spacial score (nSPS) is 17.8. The Kier molecular flexibility index (Phi) is 3.42. The van der Waals surface area contributed by atoms with Crippen molar-refractivity contribution in [3.05, 3.63) is 42.4 Å². The summed E-state index contributed by atoms with van der Waals surface area (Å²) in [5.74, 6) is 1.56. The summed E-state index contributed by atoms with van der Waals surface area (Å²) < 4.78 is 5.87. The van der Waals surface area contributed by atoms with Crippen molar-refractivity contribution in [3.8, 4) is 11.8 Å². The fourth-order valence-electron chi connectivity index (χ4n) is 2.20. The van der Waals surface area contributed by atoms with E-state index in [4.69, 9.17) is 10.00 Å². The lowest BCUT2D eigenvalue weighted by atomic mass is 10.3. The predicted octanol–water partition coefficient (Wildman–Crippen LogP) is 1.40. The molecule has 3 rings (SSSR count). The lowest BCUT2D eigenvalue weighted by molar-refractivity contribution is 0.224. The molecule has 0 amide bonds. The topological polar surface area (TPSA) is 74.9 Å². The molecule has 0 aliphatic carbocycles. The monoisotopic (exact) mass is 267 g/mol. The van der Waals surface area contributed by atoms with Gasteiger partial charge in [-0.1, -0.05) is 0 Å². The van der Waals surface area contributed by atoms with E-state index in [1.807, 2.05) is 24.3 Å². The van der Waals surface area contributed by atoms with Crippen LogP contribution in [0.1, 0.15) is 12.1 Å². The summed E-state index contributed by atoms with van der Waals surface area (Å²) in [4.78, 5) is 6.14. The zero-order valence-electron chi connectivity index (χ0n) is 10.8. The van der Waals surface area contributed by atoms with E-state index >= 15 is 0 Å². The minimum Gasteiger partial charge on any atom is -0.487 e. The lowest BCUT2D eigenvalue weighted by Gasteiger charge is -2.17. The maximum absolute atomic E-state index is 8.71. The first-order valence-electron chi connectivity index (χ1n) is 6.40. The number of hydrogen-bond acceptors (Lipinski definition) is 6. The SMILES string of the molecule is N#Cc1ccc(N2CCC(Oc3cccnc3)C2)nn1.